The van der Waals surface area contributed by atoms with Crippen LogP contribution < -0.4 is 0 Å². The number of aromatic carboxylic acids is 3. The Balaban J connectivity index is 4.32. The zero-order chi connectivity index (χ0) is 37.0. The fraction of sp³-hybridized carbons (Fsp3) is 0.667. The van der Waals surface area contributed by atoms with Crippen LogP contribution in [0.15, 0.2) is 0 Å². The van der Waals surface area contributed by atoms with Gasteiger partial charge in [-0.15, -0.1) is 0 Å². The first-order valence-electron chi connectivity index (χ1n) is 16.8. The van der Waals surface area contributed by atoms with Crippen molar-refractivity contribution in [3.8, 4) is 0 Å². The molecule has 0 unspecified atom stereocenters. The molecule has 0 amide bonds. The second-order valence-corrected chi connectivity index (χ2v) is 14.0. The molecular weight excluding hydrogens is 624 g/mol. The van der Waals surface area contributed by atoms with Crippen molar-refractivity contribution in [2.45, 2.75) is 156 Å². The van der Waals surface area contributed by atoms with Gasteiger partial charge < -0.3 is 29.5 Å². The smallest absolute Gasteiger partial charge is 0.340 e. The van der Waals surface area contributed by atoms with E-state index in [1.54, 1.807) is 41.5 Å². The summed E-state index contributed by atoms with van der Waals surface area (Å²) in [4.78, 5) is 80.4. The summed E-state index contributed by atoms with van der Waals surface area (Å²) in [6.45, 7) is 15.3. The van der Waals surface area contributed by atoms with Gasteiger partial charge in [0.05, 0.1) is 33.4 Å². The van der Waals surface area contributed by atoms with Crippen molar-refractivity contribution in [1.82, 2.24) is 0 Å². The first-order chi connectivity index (χ1) is 22.2. The number of carbonyl (C=O) groups is 6. The second-order valence-electron chi connectivity index (χ2n) is 14.0. The Kier molecular flexibility index (Phi) is 15.8. The Bertz CT molecular complexity index is 1280. The summed E-state index contributed by atoms with van der Waals surface area (Å²) in [7, 11) is 0. The fourth-order valence-electron chi connectivity index (χ4n) is 5.47. The molecule has 0 aliphatic carbocycles. The molecule has 0 aliphatic heterocycles. The predicted octanol–water partition coefficient (Wildman–Crippen LogP) is 8.33. The molecule has 0 saturated heterocycles. The van der Waals surface area contributed by atoms with Gasteiger partial charge in [-0.1, -0.05) is 59.3 Å². The first-order valence-corrected chi connectivity index (χ1v) is 16.8. The minimum atomic E-state index is -2.06. The van der Waals surface area contributed by atoms with Gasteiger partial charge in [-0.3, -0.25) is 0 Å². The number of rotatable bonds is 21. The molecule has 12 heteroatoms. The molecule has 1 aromatic carbocycles. The molecule has 0 heterocycles. The number of carboxylic acid groups (broad SMARTS) is 3. The van der Waals surface area contributed by atoms with Gasteiger partial charge in [0.1, 0.15) is 16.8 Å². The van der Waals surface area contributed by atoms with Gasteiger partial charge in [-0.25, -0.2) is 28.8 Å². The normalized spacial score (nSPS) is 11.9. The molecule has 0 bridgehead atoms. The van der Waals surface area contributed by atoms with Gasteiger partial charge in [-0.05, 0) is 80.1 Å². The van der Waals surface area contributed by atoms with Gasteiger partial charge in [0.2, 0.25) is 0 Å². The Hall–Kier alpha value is -3.96. The van der Waals surface area contributed by atoms with E-state index in [1.807, 2.05) is 20.8 Å². The standard InChI is InChI=1S/C36H54O12/c1-10-13-16-19-34(4,5)46-31(43)25-23(29(39)40)22(28(37)38)24(30(41)42)26(32(44)47-35(6,7)20-17-14-11-2)27(25)33(45)48-36(8,9)21-18-15-12-3/h10-21H2,1-9H3,(H,37,38)(H,39,40)(H,41,42). The summed E-state index contributed by atoms with van der Waals surface area (Å²) in [5.41, 5.74) is -10.9. The summed E-state index contributed by atoms with van der Waals surface area (Å²) < 4.78 is 17.1. The molecule has 0 atom stereocenters. The van der Waals surface area contributed by atoms with E-state index in [2.05, 4.69) is 0 Å². The van der Waals surface area contributed by atoms with Gasteiger partial charge in [0.15, 0.2) is 0 Å². The van der Waals surface area contributed by atoms with Gasteiger partial charge in [0, 0.05) is 0 Å². The van der Waals surface area contributed by atoms with Crippen LogP contribution >= 0.6 is 0 Å². The number of carbonyl (C=O) groups excluding carboxylic acids is 3. The third-order valence-corrected chi connectivity index (χ3v) is 8.01. The Morgan fingerprint density at radius 3 is 0.833 bits per heavy atom. The number of carboxylic acids is 3. The van der Waals surface area contributed by atoms with Crippen LogP contribution in [-0.2, 0) is 14.2 Å². The van der Waals surface area contributed by atoms with Crippen molar-refractivity contribution < 1.29 is 58.3 Å². The van der Waals surface area contributed by atoms with Crippen LogP contribution in [0, 0.1) is 0 Å². The highest BCUT2D eigenvalue weighted by Gasteiger charge is 2.44. The van der Waals surface area contributed by atoms with Gasteiger partial charge >= 0.3 is 35.8 Å². The maximum atomic E-state index is 14.2. The lowest BCUT2D eigenvalue weighted by Gasteiger charge is -2.30. The van der Waals surface area contributed by atoms with Crippen LogP contribution in [0.4, 0.5) is 0 Å². The molecule has 48 heavy (non-hydrogen) atoms. The molecule has 3 N–H and O–H groups in total. The number of benzene rings is 1. The third-order valence-electron chi connectivity index (χ3n) is 8.01. The molecule has 0 aromatic heterocycles. The second kappa shape index (κ2) is 18.0. The highest BCUT2D eigenvalue weighted by atomic mass is 16.6. The minimum absolute atomic E-state index is 0.332. The fourth-order valence-corrected chi connectivity index (χ4v) is 5.47. The number of hydrogen-bond donors (Lipinski definition) is 3. The number of unbranched alkanes of at least 4 members (excludes halogenated alkanes) is 6. The van der Waals surface area contributed by atoms with Crippen molar-refractivity contribution in [2.24, 2.45) is 0 Å². The predicted molar refractivity (Wildman–Crippen MR) is 178 cm³/mol. The number of hydrogen-bond acceptors (Lipinski definition) is 9. The van der Waals surface area contributed by atoms with E-state index >= 15 is 0 Å². The average molecular weight is 679 g/mol. The van der Waals surface area contributed by atoms with Crippen LogP contribution in [0.1, 0.15) is 202 Å². The Labute approximate surface area is 283 Å². The van der Waals surface area contributed by atoms with Crippen molar-refractivity contribution in [3.63, 3.8) is 0 Å². The summed E-state index contributed by atoms with van der Waals surface area (Å²) in [5, 5.41) is 30.8. The van der Waals surface area contributed by atoms with Gasteiger partial charge in [-0.2, -0.15) is 0 Å². The molecule has 0 aliphatic rings. The van der Waals surface area contributed by atoms with Crippen molar-refractivity contribution in [2.75, 3.05) is 0 Å². The Morgan fingerprint density at radius 1 is 0.417 bits per heavy atom. The van der Waals surface area contributed by atoms with Crippen LogP contribution in [0.3, 0.4) is 0 Å². The highest BCUT2D eigenvalue weighted by molar-refractivity contribution is 6.23. The minimum Gasteiger partial charge on any atom is -0.478 e. The monoisotopic (exact) mass is 678 g/mol. The quantitative estimate of drug-likeness (QED) is 0.0641. The lowest BCUT2D eigenvalue weighted by atomic mass is 9.85. The van der Waals surface area contributed by atoms with Crippen molar-refractivity contribution in [1.29, 1.82) is 0 Å². The van der Waals surface area contributed by atoms with Crippen molar-refractivity contribution in [3.05, 3.63) is 33.4 Å². The highest BCUT2D eigenvalue weighted by Crippen LogP contribution is 2.35. The molecule has 270 valence electrons. The number of esters is 3. The largest absolute Gasteiger partial charge is 0.478 e. The van der Waals surface area contributed by atoms with Crippen molar-refractivity contribution >= 4 is 35.8 Å². The van der Waals surface area contributed by atoms with E-state index in [1.165, 1.54) is 0 Å². The maximum absolute atomic E-state index is 14.2. The molecule has 1 rings (SSSR count). The number of ether oxygens (including phenoxy) is 3. The first kappa shape index (κ1) is 42.1. The van der Waals surface area contributed by atoms with E-state index < -0.39 is 86.0 Å². The van der Waals surface area contributed by atoms with Crippen LogP contribution in [0.5, 0.6) is 0 Å². The summed E-state index contributed by atoms with van der Waals surface area (Å²) >= 11 is 0. The van der Waals surface area contributed by atoms with Gasteiger partial charge in [0.25, 0.3) is 0 Å². The molecule has 0 saturated carbocycles. The maximum Gasteiger partial charge on any atom is 0.340 e. The molecule has 12 nitrogen and oxygen atoms in total. The van der Waals surface area contributed by atoms with E-state index in [0.29, 0.717) is 38.5 Å². The Morgan fingerprint density at radius 2 is 0.625 bits per heavy atom. The molecule has 0 fully saturated rings. The van der Waals surface area contributed by atoms with E-state index in [-0.39, 0.29) is 0 Å². The topological polar surface area (TPSA) is 191 Å². The molecule has 1 aromatic rings. The zero-order valence-corrected chi connectivity index (χ0v) is 30.0. The van der Waals surface area contributed by atoms with E-state index in [4.69, 9.17) is 14.2 Å². The lowest BCUT2D eigenvalue weighted by molar-refractivity contribution is -0.0124. The molecular formula is C36H54O12. The van der Waals surface area contributed by atoms with E-state index in [0.717, 1.165) is 38.5 Å². The zero-order valence-electron chi connectivity index (χ0n) is 30.0. The third kappa shape index (κ3) is 11.9. The SMILES string of the molecule is CCCCCC(C)(C)OC(=O)c1c(C(=O)O)c(C(=O)O)c(C(=O)O)c(C(=O)OC(C)(C)CCCCC)c1C(=O)OC(C)(C)CCCCC. The average Bonchev–Trinajstić information content (AvgIpc) is 2.94. The summed E-state index contributed by atoms with van der Waals surface area (Å²) in [5.74, 6) is -10.4. The molecule has 0 spiro atoms. The summed E-state index contributed by atoms with van der Waals surface area (Å²) in [6, 6.07) is 0. The van der Waals surface area contributed by atoms with E-state index in [9.17, 15) is 44.1 Å². The van der Waals surface area contributed by atoms with Crippen LogP contribution in [0.25, 0.3) is 0 Å². The molecule has 0 radical (unpaired) electrons. The van der Waals surface area contributed by atoms with Crippen LogP contribution in [-0.4, -0.2) is 67.9 Å². The lowest BCUT2D eigenvalue weighted by Crippen LogP contribution is -2.36. The van der Waals surface area contributed by atoms with Crippen LogP contribution in [0.2, 0.25) is 0 Å². The summed E-state index contributed by atoms with van der Waals surface area (Å²) in [6.07, 6.45) is 7.88.